The molecule has 0 radical (unpaired) electrons. The molecule has 1 saturated heterocycles. The predicted octanol–water partition coefficient (Wildman–Crippen LogP) is 3.47. The quantitative estimate of drug-likeness (QED) is 0.637. The molecular formula is C28H29F3O6. The minimum atomic E-state index is -2.31. The summed E-state index contributed by atoms with van der Waals surface area (Å²) in [5.41, 5.74) is -6.47. The summed E-state index contributed by atoms with van der Waals surface area (Å²) in [6, 6.07) is 5.56. The highest BCUT2D eigenvalue weighted by molar-refractivity contribution is 6.01. The number of benzene rings is 1. The number of hydrogen-bond donors (Lipinski definition) is 2. The van der Waals surface area contributed by atoms with Crippen molar-refractivity contribution in [3.05, 3.63) is 59.4 Å². The van der Waals surface area contributed by atoms with Crippen LogP contribution in [0.1, 0.15) is 45.0 Å². The highest BCUT2D eigenvalue weighted by Gasteiger charge is 2.80. The third-order valence-electron chi connectivity index (χ3n) is 10.0. The van der Waals surface area contributed by atoms with Crippen LogP contribution in [0.2, 0.25) is 0 Å². The van der Waals surface area contributed by atoms with Crippen LogP contribution < -0.4 is 0 Å². The standard InChI is InChI=1S/C28H29F3O6/c1-25-7-6-16(33)9-19(25)20(30)10-18-17-11-23-28(22(35)13-32,26(17,2)12-21(34)27(18,25)31)37-24(36-23)14-4-3-5-15(29)8-14/h3-9,17-18,20-21,23-24,32,34H,10-13H2,1-2H3/t17-,18-,20-,21-,23+,24+,25-,26-,27-,28+/m0/s1. The van der Waals surface area contributed by atoms with Crippen molar-refractivity contribution in [3.8, 4) is 0 Å². The lowest BCUT2D eigenvalue weighted by Gasteiger charge is -2.63. The number of aliphatic hydroxyl groups is 2. The van der Waals surface area contributed by atoms with Gasteiger partial charge < -0.3 is 19.7 Å². The molecule has 9 heteroatoms. The van der Waals surface area contributed by atoms with Crippen LogP contribution >= 0.6 is 0 Å². The number of carbonyl (C=O) groups is 2. The molecule has 1 heterocycles. The van der Waals surface area contributed by atoms with E-state index in [2.05, 4.69) is 0 Å². The van der Waals surface area contributed by atoms with Crippen molar-refractivity contribution < 1.29 is 42.4 Å². The number of carbonyl (C=O) groups excluding carboxylic acids is 2. The highest BCUT2D eigenvalue weighted by Crippen LogP contribution is 2.72. The number of aliphatic hydroxyl groups excluding tert-OH is 2. The van der Waals surface area contributed by atoms with Gasteiger partial charge in [-0.3, -0.25) is 9.59 Å². The van der Waals surface area contributed by atoms with Crippen LogP contribution in [0.3, 0.4) is 0 Å². The maximum atomic E-state index is 17.3. The van der Waals surface area contributed by atoms with E-state index in [1.54, 1.807) is 13.0 Å². The molecule has 1 aromatic rings. The van der Waals surface area contributed by atoms with E-state index >= 15 is 8.78 Å². The van der Waals surface area contributed by atoms with Crippen LogP contribution in [0.25, 0.3) is 0 Å². The number of allylic oxidation sites excluding steroid dienone is 4. The predicted molar refractivity (Wildman–Crippen MR) is 124 cm³/mol. The van der Waals surface area contributed by atoms with Gasteiger partial charge in [-0.1, -0.05) is 25.1 Å². The Morgan fingerprint density at radius 3 is 2.68 bits per heavy atom. The van der Waals surface area contributed by atoms with Crippen molar-refractivity contribution in [2.45, 2.75) is 69.0 Å². The van der Waals surface area contributed by atoms with E-state index in [4.69, 9.17) is 9.47 Å². The first-order chi connectivity index (χ1) is 17.4. The number of Topliss-reactive ketones (excluding diaryl/α,β-unsaturated/α-hetero) is 1. The first kappa shape index (κ1) is 25.0. The third-order valence-corrected chi connectivity index (χ3v) is 10.0. The summed E-state index contributed by atoms with van der Waals surface area (Å²) in [7, 11) is 0. The second-order valence-electron chi connectivity index (χ2n) is 11.5. The van der Waals surface area contributed by atoms with Gasteiger partial charge in [0, 0.05) is 22.3 Å². The van der Waals surface area contributed by atoms with Gasteiger partial charge in [-0.05, 0) is 62.0 Å². The fourth-order valence-electron chi connectivity index (χ4n) is 8.37. The average molecular weight is 519 g/mol. The Hall–Kier alpha value is -2.33. The molecule has 0 amide bonds. The summed E-state index contributed by atoms with van der Waals surface area (Å²) in [5, 5.41) is 21.4. The number of fused-ring (bicyclic) bond motifs is 7. The number of ketones is 2. The Balaban J connectivity index is 1.45. The molecule has 0 unspecified atom stereocenters. The highest BCUT2D eigenvalue weighted by atomic mass is 19.1. The fourth-order valence-corrected chi connectivity index (χ4v) is 8.37. The molecule has 1 aliphatic heterocycles. The van der Waals surface area contributed by atoms with E-state index in [0.717, 1.165) is 6.08 Å². The Morgan fingerprint density at radius 1 is 1.22 bits per heavy atom. The van der Waals surface area contributed by atoms with E-state index in [1.807, 2.05) is 0 Å². The van der Waals surface area contributed by atoms with Gasteiger partial charge >= 0.3 is 0 Å². The minimum Gasteiger partial charge on any atom is -0.390 e. The van der Waals surface area contributed by atoms with Crippen molar-refractivity contribution in [1.82, 2.24) is 0 Å². The molecule has 3 saturated carbocycles. The minimum absolute atomic E-state index is 0.0133. The molecule has 4 fully saturated rings. The zero-order valence-corrected chi connectivity index (χ0v) is 20.5. The summed E-state index contributed by atoms with van der Waals surface area (Å²) < 4.78 is 59.3. The summed E-state index contributed by atoms with van der Waals surface area (Å²) in [6.45, 7) is 2.33. The van der Waals surface area contributed by atoms with Crippen LogP contribution in [0.5, 0.6) is 0 Å². The van der Waals surface area contributed by atoms with E-state index in [1.165, 1.54) is 37.3 Å². The van der Waals surface area contributed by atoms with Gasteiger partial charge in [0.05, 0.1) is 12.2 Å². The zero-order valence-electron chi connectivity index (χ0n) is 20.5. The zero-order chi connectivity index (χ0) is 26.5. The maximum absolute atomic E-state index is 17.3. The molecule has 6 rings (SSSR count). The molecule has 5 aliphatic rings. The number of alkyl halides is 2. The van der Waals surface area contributed by atoms with E-state index < -0.39 is 82.6 Å². The number of ether oxygens (including phenoxy) is 2. The van der Waals surface area contributed by atoms with E-state index in [-0.39, 0.29) is 24.8 Å². The monoisotopic (exact) mass is 518 g/mol. The lowest BCUT2D eigenvalue weighted by atomic mass is 9.44. The van der Waals surface area contributed by atoms with Crippen molar-refractivity contribution in [3.63, 3.8) is 0 Å². The van der Waals surface area contributed by atoms with E-state index in [9.17, 15) is 24.2 Å². The molecule has 0 bridgehead atoms. The Bertz CT molecular complexity index is 1250. The topological polar surface area (TPSA) is 93.1 Å². The molecule has 6 nitrogen and oxygen atoms in total. The number of hydrogen-bond acceptors (Lipinski definition) is 6. The van der Waals surface area contributed by atoms with Gasteiger partial charge in [0.15, 0.2) is 29.1 Å². The molecular weight excluding hydrogens is 489 g/mol. The summed E-state index contributed by atoms with van der Waals surface area (Å²) in [5.74, 6) is -3.29. The molecule has 1 aromatic carbocycles. The second-order valence-corrected chi connectivity index (χ2v) is 11.5. The van der Waals surface area contributed by atoms with Crippen LogP contribution in [0, 0.1) is 28.5 Å². The lowest BCUT2D eigenvalue weighted by molar-refractivity contribution is -0.235. The number of rotatable bonds is 3. The first-order valence-electron chi connectivity index (χ1n) is 12.6. The number of halogens is 3. The molecule has 0 aromatic heterocycles. The van der Waals surface area contributed by atoms with Crippen molar-refractivity contribution >= 4 is 11.6 Å². The fraction of sp³-hybridized carbons (Fsp3) is 0.571. The molecule has 4 aliphatic carbocycles. The summed E-state index contributed by atoms with van der Waals surface area (Å²) in [4.78, 5) is 25.4. The van der Waals surface area contributed by atoms with Gasteiger partial charge in [0.1, 0.15) is 18.6 Å². The van der Waals surface area contributed by atoms with Gasteiger partial charge in [0.2, 0.25) is 0 Å². The third kappa shape index (κ3) is 2.91. The van der Waals surface area contributed by atoms with Crippen molar-refractivity contribution in [2.75, 3.05) is 6.61 Å². The Labute approximate surface area is 212 Å². The Kier molecular flexibility index (Phi) is 5.30. The lowest BCUT2D eigenvalue weighted by Crippen LogP contribution is -2.70. The summed E-state index contributed by atoms with van der Waals surface area (Å²) >= 11 is 0. The largest absolute Gasteiger partial charge is 0.390 e. The maximum Gasteiger partial charge on any atom is 0.193 e. The van der Waals surface area contributed by atoms with Crippen molar-refractivity contribution in [2.24, 2.45) is 22.7 Å². The van der Waals surface area contributed by atoms with Crippen LogP contribution in [0.4, 0.5) is 13.2 Å². The average Bonchev–Trinajstić information content (AvgIpc) is 3.35. The Morgan fingerprint density at radius 2 is 1.97 bits per heavy atom. The van der Waals surface area contributed by atoms with Gasteiger partial charge in [-0.2, -0.15) is 0 Å². The SMILES string of the molecule is C[C@]12C=CC(=O)C=C1[C@@H](F)C[C@H]1[C@@H]3C[C@H]4O[C@@H](c5cccc(F)c5)O[C@@]4(C(=O)CO)[C@@]3(C)C[C@H](O)[C@@]12F. The smallest absolute Gasteiger partial charge is 0.193 e. The molecule has 198 valence electrons. The van der Waals surface area contributed by atoms with Gasteiger partial charge in [0.25, 0.3) is 0 Å². The van der Waals surface area contributed by atoms with Gasteiger partial charge in [-0.15, -0.1) is 0 Å². The van der Waals surface area contributed by atoms with Gasteiger partial charge in [-0.25, -0.2) is 13.2 Å². The van der Waals surface area contributed by atoms with E-state index in [0.29, 0.717) is 5.56 Å². The summed E-state index contributed by atoms with van der Waals surface area (Å²) in [6.07, 6.45) is -1.96. The molecule has 0 spiro atoms. The van der Waals surface area contributed by atoms with Crippen LogP contribution in [0.15, 0.2) is 48.1 Å². The molecule has 37 heavy (non-hydrogen) atoms. The molecule has 2 N–H and O–H groups in total. The van der Waals surface area contributed by atoms with Crippen molar-refractivity contribution in [1.29, 1.82) is 0 Å². The van der Waals surface area contributed by atoms with Crippen LogP contribution in [-0.2, 0) is 19.1 Å². The second kappa shape index (κ2) is 7.85. The molecule has 10 atom stereocenters. The van der Waals surface area contributed by atoms with Crippen LogP contribution in [-0.4, -0.2) is 58.0 Å². The first-order valence-corrected chi connectivity index (χ1v) is 12.6. The normalized spacial score (nSPS) is 48.1.